The van der Waals surface area contributed by atoms with Gasteiger partial charge < -0.3 is 19.5 Å². The van der Waals surface area contributed by atoms with Gasteiger partial charge >= 0.3 is 0 Å². The van der Waals surface area contributed by atoms with E-state index in [1.54, 1.807) is 25.1 Å². The molecule has 1 N–H and O–H groups in total. The largest absolute Gasteiger partial charge is 0.492 e. The fourth-order valence-corrected chi connectivity index (χ4v) is 5.52. The summed E-state index contributed by atoms with van der Waals surface area (Å²) in [6.07, 6.45) is -0.0188. The molecule has 2 aromatic rings. The molecule has 8 nitrogen and oxygen atoms in total. The number of nitrogens with zero attached hydrogens (tertiary/aromatic N) is 1. The van der Waals surface area contributed by atoms with Crippen molar-refractivity contribution in [2.75, 3.05) is 38.2 Å². The molecular weight excluding hydrogens is 432 g/mol. The molecule has 1 fully saturated rings. The molecule has 0 spiro atoms. The number of carbonyl (C=O) groups is 1. The molecule has 0 unspecified atom stereocenters. The van der Waals surface area contributed by atoms with Crippen molar-refractivity contribution >= 4 is 21.6 Å². The second-order valence-electron chi connectivity index (χ2n) is 7.90. The first-order valence-electron chi connectivity index (χ1n) is 10.8. The highest BCUT2D eigenvalue weighted by Gasteiger charge is 2.32. The lowest BCUT2D eigenvalue weighted by atomic mass is 9.97. The van der Waals surface area contributed by atoms with Gasteiger partial charge in [-0.3, -0.25) is 4.79 Å². The van der Waals surface area contributed by atoms with E-state index in [0.29, 0.717) is 36.8 Å². The standard InChI is InChI=1S/C23H28N2O6S/c1-4-30-20-9-8-17(14-21(20)32(27,28)25-10-12-29-13-11-25)24-23(26)19-7-5-6-18-15(2)16(3)31-22(18)19/h5-9,14-16H,4,10-13H2,1-3H3,(H,24,26)/t15-,16+/m1/s1. The number of amides is 1. The molecular formula is C23H28N2O6S. The Bertz CT molecular complexity index is 1110. The monoisotopic (exact) mass is 460 g/mol. The van der Waals surface area contributed by atoms with Crippen molar-refractivity contribution in [2.24, 2.45) is 0 Å². The highest BCUT2D eigenvalue weighted by molar-refractivity contribution is 7.89. The molecule has 2 aliphatic heterocycles. The van der Waals surface area contributed by atoms with Gasteiger partial charge in [0.15, 0.2) is 0 Å². The van der Waals surface area contributed by atoms with Gasteiger partial charge in [-0.15, -0.1) is 0 Å². The minimum Gasteiger partial charge on any atom is -0.492 e. The number of hydrogen-bond donors (Lipinski definition) is 1. The minimum atomic E-state index is -3.81. The third kappa shape index (κ3) is 4.20. The van der Waals surface area contributed by atoms with Crippen molar-refractivity contribution < 1.29 is 27.4 Å². The van der Waals surface area contributed by atoms with Gasteiger partial charge in [0.1, 0.15) is 22.5 Å². The SMILES string of the molecule is CCOc1ccc(NC(=O)c2cccc3c2O[C@@H](C)[C@H]3C)cc1S(=O)(=O)N1CCOCC1. The highest BCUT2D eigenvalue weighted by Crippen LogP contribution is 2.40. The Morgan fingerprint density at radius 1 is 1.19 bits per heavy atom. The van der Waals surface area contributed by atoms with Crippen LogP contribution in [0.2, 0.25) is 0 Å². The van der Waals surface area contributed by atoms with E-state index in [9.17, 15) is 13.2 Å². The summed E-state index contributed by atoms with van der Waals surface area (Å²) in [6, 6.07) is 10.2. The number of hydrogen-bond acceptors (Lipinski definition) is 6. The molecule has 32 heavy (non-hydrogen) atoms. The molecule has 2 atom stereocenters. The summed E-state index contributed by atoms with van der Waals surface area (Å²) in [4.78, 5) is 13.1. The topological polar surface area (TPSA) is 94.2 Å². The van der Waals surface area contributed by atoms with Crippen LogP contribution in [-0.2, 0) is 14.8 Å². The van der Waals surface area contributed by atoms with Gasteiger partial charge in [0.05, 0.1) is 25.4 Å². The molecule has 0 saturated carbocycles. The molecule has 172 valence electrons. The van der Waals surface area contributed by atoms with E-state index in [-0.39, 0.29) is 41.7 Å². The first-order chi connectivity index (χ1) is 15.3. The fourth-order valence-electron chi connectivity index (χ4n) is 3.95. The molecule has 0 aromatic heterocycles. The Hall–Kier alpha value is -2.62. The summed E-state index contributed by atoms with van der Waals surface area (Å²) in [5, 5.41) is 2.82. The average Bonchev–Trinajstić information content (AvgIpc) is 3.09. The van der Waals surface area contributed by atoms with Gasteiger partial charge in [-0.2, -0.15) is 4.31 Å². The number of nitrogens with one attached hydrogen (secondary N) is 1. The summed E-state index contributed by atoms with van der Waals surface area (Å²) in [6.45, 7) is 7.38. The lowest BCUT2D eigenvalue weighted by molar-refractivity contribution is 0.0729. The lowest BCUT2D eigenvalue weighted by Crippen LogP contribution is -2.40. The molecule has 1 amide bonds. The normalized spacial score (nSPS) is 21.0. The molecule has 2 aromatic carbocycles. The van der Waals surface area contributed by atoms with Crippen LogP contribution in [0.4, 0.5) is 5.69 Å². The predicted octanol–water partition coefficient (Wildman–Crippen LogP) is 3.24. The summed E-state index contributed by atoms with van der Waals surface area (Å²) in [5.74, 6) is 0.663. The Morgan fingerprint density at radius 3 is 2.66 bits per heavy atom. The van der Waals surface area contributed by atoms with Crippen LogP contribution in [0.5, 0.6) is 11.5 Å². The summed E-state index contributed by atoms with van der Waals surface area (Å²) >= 11 is 0. The van der Waals surface area contributed by atoms with Crippen molar-refractivity contribution in [3.63, 3.8) is 0 Å². The van der Waals surface area contributed by atoms with E-state index < -0.39 is 10.0 Å². The van der Waals surface area contributed by atoms with Crippen LogP contribution in [0.1, 0.15) is 42.6 Å². The summed E-state index contributed by atoms with van der Waals surface area (Å²) < 4.78 is 44.7. The number of morpholine rings is 1. The van der Waals surface area contributed by atoms with E-state index >= 15 is 0 Å². The zero-order valence-corrected chi connectivity index (χ0v) is 19.3. The van der Waals surface area contributed by atoms with Gasteiger partial charge in [-0.25, -0.2) is 8.42 Å². The van der Waals surface area contributed by atoms with Crippen LogP contribution in [0.3, 0.4) is 0 Å². The Kier molecular flexibility index (Phi) is 6.41. The number of para-hydroxylation sites is 1. The van der Waals surface area contributed by atoms with Gasteiger partial charge in [0.2, 0.25) is 10.0 Å². The van der Waals surface area contributed by atoms with E-state index in [2.05, 4.69) is 12.2 Å². The van der Waals surface area contributed by atoms with Gasteiger partial charge in [-0.05, 0) is 38.1 Å². The fraction of sp³-hybridized carbons (Fsp3) is 0.435. The van der Waals surface area contributed by atoms with Gasteiger partial charge in [0, 0.05) is 30.3 Å². The molecule has 9 heteroatoms. The number of rotatable bonds is 6. The number of ether oxygens (including phenoxy) is 3. The van der Waals surface area contributed by atoms with E-state index in [1.807, 2.05) is 19.1 Å². The minimum absolute atomic E-state index is 0.0188. The highest BCUT2D eigenvalue weighted by atomic mass is 32.2. The van der Waals surface area contributed by atoms with Crippen LogP contribution >= 0.6 is 0 Å². The maximum atomic E-state index is 13.3. The Balaban J connectivity index is 1.64. The first-order valence-corrected chi connectivity index (χ1v) is 12.2. The Labute approximate surface area is 188 Å². The number of anilines is 1. The van der Waals surface area contributed by atoms with Crippen molar-refractivity contribution in [2.45, 2.75) is 37.7 Å². The number of fused-ring (bicyclic) bond motifs is 1. The number of sulfonamides is 1. The van der Waals surface area contributed by atoms with Gasteiger partial charge in [-0.1, -0.05) is 19.1 Å². The molecule has 0 aliphatic carbocycles. The molecule has 1 saturated heterocycles. The van der Waals surface area contributed by atoms with Crippen LogP contribution in [0.15, 0.2) is 41.3 Å². The van der Waals surface area contributed by atoms with E-state index in [1.165, 1.54) is 10.4 Å². The molecule has 4 rings (SSSR count). The van der Waals surface area contributed by atoms with Crippen molar-refractivity contribution in [3.05, 3.63) is 47.5 Å². The number of benzene rings is 2. The van der Waals surface area contributed by atoms with Crippen LogP contribution in [0, 0.1) is 0 Å². The van der Waals surface area contributed by atoms with Crippen molar-refractivity contribution in [1.82, 2.24) is 4.31 Å². The third-order valence-electron chi connectivity index (χ3n) is 5.88. The second-order valence-corrected chi connectivity index (χ2v) is 9.81. The van der Waals surface area contributed by atoms with Crippen LogP contribution in [-0.4, -0.2) is 57.6 Å². The molecule has 0 bridgehead atoms. The smallest absolute Gasteiger partial charge is 0.259 e. The molecule has 2 heterocycles. The first kappa shape index (κ1) is 22.6. The maximum Gasteiger partial charge on any atom is 0.259 e. The van der Waals surface area contributed by atoms with Crippen LogP contribution < -0.4 is 14.8 Å². The summed E-state index contributed by atoms with van der Waals surface area (Å²) in [5.41, 5.74) is 1.78. The van der Waals surface area contributed by atoms with Crippen molar-refractivity contribution in [3.8, 4) is 11.5 Å². The maximum absolute atomic E-state index is 13.3. The van der Waals surface area contributed by atoms with Crippen molar-refractivity contribution in [1.29, 1.82) is 0 Å². The molecule has 2 aliphatic rings. The lowest BCUT2D eigenvalue weighted by Gasteiger charge is -2.27. The van der Waals surface area contributed by atoms with E-state index in [4.69, 9.17) is 14.2 Å². The number of carbonyl (C=O) groups excluding carboxylic acids is 1. The zero-order chi connectivity index (χ0) is 22.9. The quantitative estimate of drug-likeness (QED) is 0.711. The second kappa shape index (κ2) is 9.09. The summed E-state index contributed by atoms with van der Waals surface area (Å²) in [7, 11) is -3.81. The molecule has 0 radical (unpaired) electrons. The Morgan fingerprint density at radius 2 is 1.94 bits per heavy atom. The van der Waals surface area contributed by atoms with Crippen LogP contribution in [0.25, 0.3) is 0 Å². The third-order valence-corrected chi connectivity index (χ3v) is 7.80. The average molecular weight is 461 g/mol. The predicted molar refractivity (Wildman–Crippen MR) is 120 cm³/mol. The zero-order valence-electron chi connectivity index (χ0n) is 18.5. The van der Waals surface area contributed by atoms with E-state index in [0.717, 1.165) is 5.56 Å². The van der Waals surface area contributed by atoms with Gasteiger partial charge in [0.25, 0.3) is 5.91 Å².